The van der Waals surface area contributed by atoms with Crippen molar-refractivity contribution in [2.45, 2.75) is 61.2 Å². The third kappa shape index (κ3) is 3.63. The van der Waals surface area contributed by atoms with Gasteiger partial charge in [0.25, 0.3) is 0 Å². The molecule has 0 aliphatic carbocycles. The van der Waals surface area contributed by atoms with Gasteiger partial charge in [0.1, 0.15) is 0 Å². The second-order valence-electron chi connectivity index (χ2n) is 12.8. The molecule has 6 rings (SSSR count). The summed E-state index contributed by atoms with van der Waals surface area (Å²) in [7, 11) is 2.23. The maximum atomic E-state index is 2.52. The van der Waals surface area contributed by atoms with E-state index in [1.54, 1.807) is 4.40 Å². The molecule has 0 N–H and O–H groups in total. The van der Waals surface area contributed by atoms with E-state index in [0.717, 1.165) is 6.42 Å². The van der Waals surface area contributed by atoms with E-state index >= 15 is 0 Å². The van der Waals surface area contributed by atoms with E-state index in [4.69, 9.17) is 0 Å². The summed E-state index contributed by atoms with van der Waals surface area (Å²) in [5, 5.41) is 8.55. The molecular weight excluding hydrogens is 515 g/mol. The van der Waals surface area contributed by atoms with E-state index in [1.807, 2.05) is 11.8 Å². The Bertz CT molecular complexity index is 1720. The summed E-state index contributed by atoms with van der Waals surface area (Å²) in [6, 6.07) is 20.9. The molecule has 0 atom stereocenters. The van der Waals surface area contributed by atoms with Gasteiger partial charge < -0.3 is 0 Å². The second-order valence-corrected chi connectivity index (χ2v) is 24.4. The third-order valence-corrected chi connectivity index (χ3v) is 13.2. The first kappa shape index (κ1) is 24.1. The molecule has 0 amide bonds. The zero-order valence-corrected chi connectivity index (χ0v) is 25.8. The summed E-state index contributed by atoms with van der Waals surface area (Å²) < 4.78 is 3.98. The number of hydrogen-bond donors (Lipinski definition) is 0. The first-order valence-electron chi connectivity index (χ1n) is 13.1. The average molecular weight is 551 g/mol. The van der Waals surface area contributed by atoms with E-state index in [-0.39, 0.29) is 5.41 Å². The van der Waals surface area contributed by atoms with Crippen LogP contribution in [0.3, 0.4) is 0 Å². The van der Waals surface area contributed by atoms with Gasteiger partial charge in [-0.3, -0.25) is 0 Å². The minimum absolute atomic E-state index is 0.206. The molecule has 36 heavy (non-hydrogen) atoms. The Hall–Kier alpha value is -2.30. The Labute approximate surface area is 222 Å². The van der Waals surface area contributed by atoms with Crippen molar-refractivity contribution in [3.8, 4) is 11.3 Å². The Morgan fingerprint density at radius 1 is 0.861 bits per heavy atom. The Balaban J connectivity index is 1.82. The number of pyridine rings is 1. The molecule has 1 aromatic heterocycles. The molecular formula is C33H36GeNS+. The molecule has 0 saturated carbocycles. The third-order valence-electron chi connectivity index (χ3n) is 7.72. The van der Waals surface area contributed by atoms with E-state index in [0.29, 0.717) is 0 Å². The van der Waals surface area contributed by atoms with Crippen LogP contribution in [0.1, 0.15) is 31.9 Å². The summed E-state index contributed by atoms with van der Waals surface area (Å²) in [5.74, 6) is 7.55. The topological polar surface area (TPSA) is 3.88 Å². The monoisotopic (exact) mass is 552 g/mol. The molecule has 0 radical (unpaired) electrons. The maximum absolute atomic E-state index is 2.52. The van der Waals surface area contributed by atoms with Gasteiger partial charge >= 0.3 is 223 Å². The van der Waals surface area contributed by atoms with Crippen LogP contribution in [0, 0.1) is 12.3 Å². The molecule has 1 aliphatic rings. The van der Waals surface area contributed by atoms with Gasteiger partial charge in [0, 0.05) is 0 Å². The first-order valence-corrected chi connectivity index (χ1v) is 21.2. The van der Waals surface area contributed by atoms with Gasteiger partial charge in [0.2, 0.25) is 0 Å². The molecule has 0 fully saturated rings. The van der Waals surface area contributed by atoms with Crippen LogP contribution in [0.5, 0.6) is 0 Å². The standard InChI is InChI=1S/C33H36GeNS/c1-20-22-13-9-10-14-23(22)25(19-33(2,3)4)32-28(20)31-30-24(16-17-35(31)8)29-21(18-27(30)36-32)12-11-15-26(29)34(5,6)7/h9-18H,19H2,1-8H3/q+1. The number of aryl methyl sites for hydroxylation is 2. The molecule has 0 saturated heterocycles. The summed E-state index contributed by atoms with van der Waals surface area (Å²) in [6.45, 7) is 9.43. The van der Waals surface area contributed by atoms with Gasteiger partial charge in [-0.05, 0) is 0 Å². The fraction of sp³-hybridized carbons (Fsp3) is 0.303. The van der Waals surface area contributed by atoms with Crippen LogP contribution < -0.4 is 8.96 Å². The molecule has 3 heteroatoms. The summed E-state index contributed by atoms with van der Waals surface area (Å²) in [4.78, 5) is 2.86. The van der Waals surface area contributed by atoms with Gasteiger partial charge in [0.15, 0.2) is 0 Å². The Morgan fingerprint density at radius 3 is 2.28 bits per heavy atom. The summed E-state index contributed by atoms with van der Waals surface area (Å²) >= 11 is -0.0737. The molecule has 1 nitrogen and oxygen atoms in total. The molecule has 182 valence electrons. The van der Waals surface area contributed by atoms with Crippen molar-refractivity contribution in [2.75, 3.05) is 0 Å². The number of aromatic nitrogens is 1. The molecule has 1 aliphatic heterocycles. The molecule has 5 aromatic rings. The fourth-order valence-corrected chi connectivity index (χ4v) is 11.0. The zero-order valence-electron chi connectivity index (χ0n) is 22.8. The molecule has 0 bridgehead atoms. The van der Waals surface area contributed by atoms with Crippen molar-refractivity contribution in [3.63, 3.8) is 0 Å². The van der Waals surface area contributed by atoms with Gasteiger partial charge in [-0.2, -0.15) is 0 Å². The fourth-order valence-electron chi connectivity index (χ4n) is 6.18. The molecule has 4 aromatic carbocycles. The van der Waals surface area contributed by atoms with Crippen LogP contribution in [-0.4, -0.2) is 13.3 Å². The number of benzene rings is 4. The number of hydrogen-bond acceptors (Lipinski definition) is 1. The van der Waals surface area contributed by atoms with E-state index < -0.39 is 13.3 Å². The van der Waals surface area contributed by atoms with Crippen LogP contribution in [0.2, 0.25) is 17.3 Å². The number of fused-ring (bicyclic) bond motifs is 5. The van der Waals surface area contributed by atoms with E-state index in [2.05, 4.69) is 117 Å². The number of rotatable bonds is 2. The quantitative estimate of drug-likeness (QED) is 0.119. The second kappa shape index (κ2) is 8.10. The van der Waals surface area contributed by atoms with Gasteiger partial charge in [-0.1, -0.05) is 0 Å². The van der Waals surface area contributed by atoms with E-state index in [1.165, 1.54) is 64.5 Å². The minimum atomic E-state index is -2.08. The van der Waals surface area contributed by atoms with Crippen LogP contribution >= 0.6 is 11.8 Å². The van der Waals surface area contributed by atoms with Crippen molar-refractivity contribution in [1.82, 2.24) is 0 Å². The SMILES string of the molecule is Cc1c2c(c(CC(C)(C)C)c3ccccc13)Sc1cc3ccc[c]([Ge]([CH3])([CH3])[CH3])c3c3cc[n+](C)c-2c13. The van der Waals surface area contributed by atoms with Crippen LogP contribution in [0.4, 0.5) is 0 Å². The van der Waals surface area contributed by atoms with Gasteiger partial charge in [-0.15, -0.1) is 0 Å². The van der Waals surface area contributed by atoms with Crippen LogP contribution in [-0.2, 0) is 13.5 Å². The number of nitrogens with zero attached hydrogens (tertiary/aromatic N) is 1. The van der Waals surface area contributed by atoms with Crippen molar-refractivity contribution < 1.29 is 4.57 Å². The predicted octanol–water partition coefficient (Wildman–Crippen LogP) is 8.54. The first-order chi connectivity index (χ1) is 17.0. The normalized spacial score (nSPS) is 13.6. The van der Waals surface area contributed by atoms with Crippen molar-refractivity contribution in [2.24, 2.45) is 12.5 Å². The van der Waals surface area contributed by atoms with Crippen LogP contribution in [0.15, 0.2) is 70.6 Å². The summed E-state index contributed by atoms with van der Waals surface area (Å²) in [5.41, 5.74) is 5.93. The average Bonchev–Trinajstić information content (AvgIpc) is 2.81. The van der Waals surface area contributed by atoms with Crippen molar-refractivity contribution >= 4 is 61.7 Å². The Kier molecular flexibility index (Phi) is 5.41. The Morgan fingerprint density at radius 2 is 1.58 bits per heavy atom. The van der Waals surface area contributed by atoms with Crippen molar-refractivity contribution in [1.29, 1.82) is 0 Å². The molecule has 2 heterocycles. The van der Waals surface area contributed by atoms with E-state index in [9.17, 15) is 0 Å². The van der Waals surface area contributed by atoms with Gasteiger partial charge in [-0.25, -0.2) is 0 Å². The summed E-state index contributed by atoms with van der Waals surface area (Å²) in [6.07, 6.45) is 3.36. The van der Waals surface area contributed by atoms with Gasteiger partial charge in [0.05, 0.1) is 0 Å². The zero-order chi connectivity index (χ0) is 25.6. The van der Waals surface area contributed by atoms with Crippen molar-refractivity contribution in [3.05, 3.63) is 71.9 Å². The predicted molar refractivity (Wildman–Crippen MR) is 161 cm³/mol. The molecule has 0 spiro atoms. The van der Waals surface area contributed by atoms with Crippen LogP contribution in [0.25, 0.3) is 43.6 Å². The molecule has 0 unspecified atom stereocenters.